The zero-order chi connectivity index (χ0) is 12.3. The van der Waals surface area contributed by atoms with Crippen LogP contribution in [0.5, 0.6) is 0 Å². The number of nitrogens with zero attached hydrogens (tertiary/aromatic N) is 1. The van der Waals surface area contributed by atoms with Gasteiger partial charge in [-0.15, -0.1) is 0 Å². The number of nitro groups is 1. The van der Waals surface area contributed by atoms with Crippen LogP contribution in [0.4, 0.5) is 5.69 Å². The van der Waals surface area contributed by atoms with Gasteiger partial charge in [0.05, 0.1) is 21.5 Å². The Morgan fingerprint density at radius 1 is 1.24 bits per heavy atom. The van der Waals surface area contributed by atoms with Crippen molar-refractivity contribution in [1.82, 2.24) is 6.15 Å². The van der Waals surface area contributed by atoms with Crippen molar-refractivity contribution in [2.45, 2.75) is 4.90 Å². The van der Waals surface area contributed by atoms with Crippen LogP contribution < -0.4 is 11.3 Å². The molecule has 1 aromatic rings. The fourth-order valence-corrected chi connectivity index (χ4v) is 2.04. The van der Waals surface area contributed by atoms with Crippen molar-refractivity contribution >= 4 is 21.5 Å². The van der Waals surface area contributed by atoms with Gasteiger partial charge in [-0.3, -0.25) is 10.1 Å². The number of hydrogen-bond acceptors (Lipinski definition) is 6. The van der Waals surface area contributed by atoms with Crippen molar-refractivity contribution in [1.29, 1.82) is 0 Å². The third-order valence-electron chi connectivity index (χ3n) is 1.71. The summed E-state index contributed by atoms with van der Waals surface area (Å²) < 4.78 is 22.7. The molecule has 94 valence electrons. The van der Waals surface area contributed by atoms with Crippen molar-refractivity contribution in [3.63, 3.8) is 0 Å². The topological polar surface area (TPSA) is 154 Å². The van der Waals surface area contributed by atoms with E-state index in [0.29, 0.717) is 0 Å². The number of carboxylic acid groups (broad SMARTS) is 1. The summed E-state index contributed by atoms with van der Waals surface area (Å²) in [5.41, 5.74) is -0.271. The molecule has 0 aliphatic heterocycles. The standard InChI is InChI=1S/C8H7NO6S.H3N/c10-8(11)5-16(14,15)7-3-1-6(2-4-7)9(12)13;/h1-4H,5H2,(H,10,11);1H3. The van der Waals surface area contributed by atoms with Crippen LogP contribution in [0, 0.1) is 10.1 Å². The number of hydrogen-bond donors (Lipinski definition) is 1. The van der Waals surface area contributed by atoms with Gasteiger partial charge < -0.3 is 16.1 Å². The van der Waals surface area contributed by atoms with Gasteiger partial charge in [0.25, 0.3) is 5.69 Å². The maximum absolute atomic E-state index is 11.3. The minimum Gasteiger partial charge on any atom is -0.549 e. The van der Waals surface area contributed by atoms with E-state index in [0.717, 1.165) is 24.3 Å². The average Bonchev–Trinajstić information content (AvgIpc) is 2.16. The van der Waals surface area contributed by atoms with Crippen LogP contribution in [0.2, 0.25) is 0 Å². The lowest BCUT2D eigenvalue weighted by Gasteiger charge is -2.04. The van der Waals surface area contributed by atoms with Gasteiger partial charge in [-0.25, -0.2) is 8.42 Å². The van der Waals surface area contributed by atoms with Crippen molar-refractivity contribution in [2.24, 2.45) is 0 Å². The molecule has 0 fully saturated rings. The van der Waals surface area contributed by atoms with E-state index in [-0.39, 0.29) is 16.7 Å². The number of non-ortho nitro benzene ring substituents is 1. The maximum Gasteiger partial charge on any atom is 0.269 e. The fraction of sp³-hybridized carbons (Fsp3) is 0.125. The lowest BCUT2D eigenvalue weighted by molar-refractivity contribution is -0.384. The summed E-state index contributed by atoms with van der Waals surface area (Å²) in [6.45, 7) is 0. The highest BCUT2D eigenvalue weighted by molar-refractivity contribution is 7.92. The first-order chi connectivity index (χ1) is 7.33. The van der Waals surface area contributed by atoms with E-state index in [1.807, 2.05) is 0 Å². The summed E-state index contributed by atoms with van der Waals surface area (Å²) in [7, 11) is -3.99. The summed E-state index contributed by atoms with van der Waals surface area (Å²) in [5, 5.41) is 20.5. The lowest BCUT2D eigenvalue weighted by Crippen LogP contribution is -2.30. The molecule has 0 aliphatic rings. The monoisotopic (exact) mass is 262 g/mol. The SMILES string of the molecule is O=C([O-])CS(=O)(=O)c1ccc([N+](=O)[O-])cc1.[NH4+]. The molecule has 0 saturated heterocycles. The molecule has 4 N–H and O–H groups in total. The summed E-state index contributed by atoms with van der Waals surface area (Å²) in [6.07, 6.45) is 0. The Kier molecular flexibility index (Phi) is 4.73. The maximum atomic E-state index is 11.3. The van der Waals surface area contributed by atoms with E-state index in [9.17, 15) is 28.4 Å². The van der Waals surface area contributed by atoms with Crippen LogP contribution in [0.1, 0.15) is 0 Å². The molecule has 0 atom stereocenters. The van der Waals surface area contributed by atoms with Gasteiger partial charge >= 0.3 is 0 Å². The van der Waals surface area contributed by atoms with Crippen molar-refractivity contribution in [2.75, 3.05) is 5.75 Å². The normalized spacial score (nSPS) is 10.4. The van der Waals surface area contributed by atoms with Gasteiger partial charge in [-0.1, -0.05) is 0 Å². The van der Waals surface area contributed by atoms with Gasteiger partial charge in [0.1, 0.15) is 0 Å². The van der Waals surface area contributed by atoms with Gasteiger partial charge in [-0.2, -0.15) is 0 Å². The van der Waals surface area contributed by atoms with E-state index >= 15 is 0 Å². The predicted molar refractivity (Wildman–Crippen MR) is 56.1 cm³/mol. The van der Waals surface area contributed by atoms with E-state index in [1.165, 1.54) is 0 Å². The largest absolute Gasteiger partial charge is 0.549 e. The first-order valence-corrected chi connectivity index (χ1v) is 5.65. The predicted octanol–water partition coefficient (Wildman–Crippen LogP) is -0.505. The number of aliphatic carboxylic acids is 1. The average molecular weight is 262 g/mol. The number of quaternary nitrogens is 1. The van der Waals surface area contributed by atoms with E-state index in [2.05, 4.69) is 0 Å². The van der Waals surface area contributed by atoms with Crippen LogP contribution in [-0.4, -0.2) is 25.1 Å². The highest BCUT2D eigenvalue weighted by Crippen LogP contribution is 2.16. The van der Waals surface area contributed by atoms with Crippen LogP contribution in [0.3, 0.4) is 0 Å². The summed E-state index contributed by atoms with van der Waals surface area (Å²) in [5.74, 6) is -2.87. The zero-order valence-electron chi connectivity index (χ0n) is 8.82. The molecular weight excluding hydrogens is 252 g/mol. The quantitative estimate of drug-likeness (QED) is 0.569. The summed E-state index contributed by atoms with van der Waals surface area (Å²) >= 11 is 0. The second-order valence-electron chi connectivity index (χ2n) is 2.88. The third kappa shape index (κ3) is 3.81. The minimum absolute atomic E-state index is 0. The number of carbonyl (C=O) groups excluding carboxylic acids is 1. The van der Waals surface area contributed by atoms with Crippen molar-refractivity contribution < 1.29 is 23.2 Å². The molecule has 0 radical (unpaired) electrons. The molecule has 0 spiro atoms. The van der Waals surface area contributed by atoms with E-state index in [1.54, 1.807) is 0 Å². The fourth-order valence-electron chi connectivity index (χ4n) is 1.01. The highest BCUT2D eigenvalue weighted by Gasteiger charge is 2.16. The molecule has 0 amide bonds. The smallest absolute Gasteiger partial charge is 0.269 e. The van der Waals surface area contributed by atoms with Crippen molar-refractivity contribution in [3.8, 4) is 0 Å². The number of nitro benzene ring substituents is 1. The molecule has 0 saturated carbocycles. The Morgan fingerprint density at radius 3 is 2.06 bits per heavy atom. The molecule has 1 aromatic carbocycles. The molecule has 0 aliphatic carbocycles. The van der Waals surface area contributed by atoms with Crippen LogP contribution in [0.15, 0.2) is 29.2 Å². The first-order valence-electron chi connectivity index (χ1n) is 4.00. The third-order valence-corrected chi connectivity index (χ3v) is 3.32. The van der Waals surface area contributed by atoms with Gasteiger partial charge in [-0.05, 0) is 12.1 Å². The van der Waals surface area contributed by atoms with Gasteiger partial charge in [0.15, 0.2) is 9.84 Å². The zero-order valence-corrected chi connectivity index (χ0v) is 9.64. The van der Waals surface area contributed by atoms with Crippen LogP contribution in [0.25, 0.3) is 0 Å². The summed E-state index contributed by atoms with van der Waals surface area (Å²) in [6, 6.07) is 3.94. The number of rotatable bonds is 4. The Balaban J connectivity index is 0.00000256. The molecule has 0 aromatic heterocycles. The van der Waals surface area contributed by atoms with E-state index in [4.69, 9.17) is 0 Å². The Hall–Kier alpha value is -2.00. The molecule has 17 heavy (non-hydrogen) atoms. The molecule has 0 heterocycles. The molecule has 0 unspecified atom stereocenters. The number of carboxylic acids is 1. The second-order valence-corrected chi connectivity index (χ2v) is 4.87. The first kappa shape index (κ1) is 15.0. The molecule has 0 bridgehead atoms. The molecular formula is C8H10N2O6S. The number of carbonyl (C=O) groups is 1. The number of sulfone groups is 1. The van der Waals surface area contributed by atoms with Gasteiger partial charge in [0.2, 0.25) is 0 Å². The number of benzene rings is 1. The van der Waals surface area contributed by atoms with Crippen LogP contribution in [-0.2, 0) is 14.6 Å². The minimum atomic E-state index is -3.99. The Bertz CT molecular complexity index is 521. The lowest BCUT2D eigenvalue weighted by atomic mass is 10.3. The van der Waals surface area contributed by atoms with Gasteiger partial charge in [0, 0.05) is 12.1 Å². The second kappa shape index (κ2) is 5.37. The van der Waals surface area contributed by atoms with Crippen molar-refractivity contribution in [3.05, 3.63) is 34.4 Å². The molecule has 1 rings (SSSR count). The molecule has 8 nitrogen and oxygen atoms in total. The molecule has 9 heteroatoms. The van der Waals surface area contributed by atoms with Crippen LogP contribution >= 0.6 is 0 Å². The Labute approximate surface area is 96.5 Å². The summed E-state index contributed by atoms with van der Waals surface area (Å²) in [4.78, 5) is 19.5. The van der Waals surface area contributed by atoms with E-state index < -0.39 is 26.5 Å². The highest BCUT2D eigenvalue weighted by atomic mass is 32.2. The Morgan fingerprint density at radius 2 is 1.71 bits per heavy atom.